The normalized spacial score (nSPS) is 11.1. The number of ether oxygens (including phenoxy) is 2. The zero-order chi connectivity index (χ0) is 19.2. The highest BCUT2D eigenvalue weighted by Gasteiger charge is 2.27. The van der Waals surface area contributed by atoms with Gasteiger partial charge in [-0.25, -0.2) is 4.79 Å². The molecule has 0 atom stereocenters. The van der Waals surface area contributed by atoms with Gasteiger partial charge in [-0.2, -0.15) is 18.2 Å². The molecule has 140 valence electrons. The number of benzene rings is 1. The van der Waals surface area contributed by atoms with Gasteiger partial charge in [0, 0.05) is 6.92 Å². The van der Waals surface area contributed by atoms with E-state index in [1.54, 1.807) is 12.2 Å². The molecule has 1 N–H and O–H groups in total. The SMILES string of the molecule is Cc1nc(COc2ccc(C(=O)OCC(=O)NCC(F)(F)F)cc2)no1. The van der Waals surface area contributed by atoms with Gasteiger partial charge in [0.25, 0.3) is 5.91 Å². The average molecular weight is 373 g/mol. The van der Waals surface area contributed by atoms with Crippen LogP contribution in [0.1, 0.15) is 22.1 Å². The third-order valence-corrected chi connectivity index (χ3v) is 2.85. The van der Waals surface area contributed by atoms with Crippen molar-refractivity contribution in [1.82, 2.24) is 15.5 Å². The van der Waals surface area contributed by atoms with Crippen molar-refractivity contribution in [1.29, 1.82) is 0 Å². The third-order valence-electron chi connectivity index (χ3n) is 2.85. The zero-order valence-corrected chi connectivity index (χ0v) is 13.5. The summed E-state index contributed by atoms with van der Waals surface area (Å²) >= 11 is 0. The van der Waals surface area contributed by atoms with Crippen molar-refractivity contribution >= 4 is 11.9 Å². The standard InChI is InChI=1S/C15H14F3N3O5/c1-9-20-12(21-26-9)6-24-11-4-2-10(3-5-11)14(23)25-7-13(22)19-8-15(16,17)18/h2-5H,6-8H2,1H3,(H,19,22). The number of aromatic nitrogens is 2. The highest BCUT2D eigenvalue weighted by atomic mass is 19.4. The van der Waals surface area contributed by atoms with Crippen LogP contribution in [0.4, 0.5) is 13.2 Å². The number of amides is 1. The Labute approximate surface area is 145 Å². The molecule has 2 rings (SSSR count). The summed E-state index contributed by atoms with van der Waals surface area (Å²) in [5, 5.41) is 5.25. The molecule has 0 saturated carbocycles. The summed E-state index contributed by atoms with van der Waals surface area (Å²) in [6.45, 7) is -0.597. The molecule has 0 saturated heterocycles. The topological polar surface area (TPSA) is 104 Å². The molecule has 2 aromatic rings. The lowest BCUT2D eigenvalue weighted by atomic mass is 10.2. The summed E-state index contributed by atoms with van der Waals surface area (Å²) in [4.78, 5) is 26.9. The lowest BCUT2D eigenvalue weighted by Crippen LogP contribution is -2.36. The molecule has 0 bridgehead atoms. The molecule has 11 heteroatoms. The van der Waals surface area contributed by atoms with Gasteiger partial charge in [-0.1, -0.05) is 5.16 Å². The molecule has 1 amide bonds. The lowest BCUT2D eigenvalue weighted by molar-refractivity contribution is -0.140. The Kier molecular flexibility index (Phi) is 6.15. The molecule has 0 spiro atoms. The average Bonchev–Trinajstić information content (AvgIpc) is 3.01. The van der Waals surface area contributed by atoms with Crippen LogP contribution in [-0.4, -0.2) is 41.3 Å². The predicted octanol–water partition coefficient (Wildman–Crippen LogP) is 1.79. The number of esters is 1. The number of rotatable bonds is 7. The first-order valence-corrected chi connectivity index (χ1v) is 7.25. The fourth-order valence-corrected chi connectivity index (χ4v) is 1.70. The Balaban J connectivity index is 1.78. The summed E-state index contributed by atoms with van der Waals surface area (Å²) in [6.07, 6.45) is -4.53. The van der Waals surface area contributed by atoms with E-state index < -0.39 is 31.2 Å². The van der Waals surface area contributed by atoms with Gasteiger partial charge in [-0.15, -0.1) is 0 Å². The maximum Gasteiger partial charge on any atom is 0.405 e. The van der Waals surface area contributed by atoms with Crippen LogP contribution >= 0.6 is 0 Å². The van der Waals surface area contributed by atoms with E-state index >= 15 is 0 Å². The highest BCUT2D eigenvalue weighted by molar-refractivity contribution is 5.91. The minimum atomic E-state index is -4.53. The van der Waals surface area contributed by atoms with E-state index in [-0.39, 0.29) is 12.2 Å². The summed E-state index contributed by atoms with van der Waals surface area (Å²) < 4.78 is 50.6. The number of carbonyl (C=O) groups excluding carboxylic acids is 2. The number of carbonyl (C=O) groups is 2. The molecule has 0 aliphatic carbocycles. The first-order valence-electron chi connectivity index (χ1n) is 7.25. The third kappa shape index (κ3) is 6.42. The summed E-state index contributed by atoms with van der Waals surface area (Å²) in [5.41, 5.74) is 0.108. The van der Waals surface area contributed by atoms with Crippen molar-refractivity contribution in [2.45, 2.75) is 19.7 Å². The van der Waals surface area contributed by atoms with Crippen molar-refractivity contribution in [2.75, 3.05) is 13.2 Å². The number of nitrogens with zero attached hydrogens (tertiary/aromatic N) is 2. The number of nitrogens with one attached hydrogen (secondary N) is 1. The van der Waals surface area contributed by atoms with Crippen LogP contribution in [0, 0.1) is 6.92 Å². The first-order chi connectivity index (χ1) is 12.2. The van der Waals surface area contributed by atoms with E-state index in [9.17, 15) is 22.8 Å². The van der Waals surface area contributed by atoms with Crippen LogP contribution in [0.5, 0.6) is 5.75 Å². The van der Waals surface area contributed by atoms with E-state index in [1.165, 1.54) is 24.3 Å². The molecule has 1 aromatic carbocycles. The molecule has 0 fully saturated rings. The van der Waals surface area contributed by atoms with Crippen LogP contribution in [0.3, 0.4) is 0 Å². The second kappa shape index (κ2) is 8.32. The van der Waals surface area contributed by atoms with Gasteiger partial charge in [-0.3, -0.25) is 4.79 Å². The number of alkyl halides is 3. The molecule has 0 aliphatic heterocycles. The second-order valence-electron chi connectivity index (χ2n) is 5.01. The molecule has 0 unspecified atom stereocenters. The fourth-order valence-electron chi connectivity index (χ4n) is 1.70. The van der Waals surface area contributed by atoms with Crippen molar-refractivity contribution < 1.29 is 36.8 Å². The smallest absolute Gasteiger partial charge is 0.405 e. The van der Waals surface area contributed by atoms with E-state index in [0.717, 1.165) is 0 Å². The van der Waals surface area contributed by atoms with Crippen LogP contribution in [0.2, 0.25) is 0 Å². The number of aryl methyl sites for hydroxylation is 1. The lowest BCUT2D eigenvalue weighted by Gasteiger charge is -2.09. The van der Waals surface area contributed by atoms with Crippen LogP contribution in [0.25, 0.3) is 0 Å². The van der Waals surface area contributed by atoms with E-state index in [2.05, 4.69) is 14.9 Å². The van der Waals surface area contributed by atoms with E-state index in [1.807, 2.05) is 0 Å². The predicted molar refractivity (Wildman–Crippen MR) is 79.2 cm³/mol. The summed E-state index contributed by atoms with van der Waals surface area (Å²) in [6, 6.07) is 5.72. The van der Waals surface area contributed by atoms with Gasteiger partial charge < -0.3 is 19.3 Å². The van der Waals surface area contributed by atoms with Gasteiger partial charge >= 0.3 is 12.1 Å². The minimum absolute atomic E-state index is 0.0700. The molecular formula is C15H14F3N3O5. The highest BCUT2D eigenvalue weighted by Crippen LogP contribution is 2.14. The van der Waals surface area contributed by atoms with Crippen LogP contribution in [0.15, 0.2) is 28.8 Å². The van der Waals surface area contributed by atoms with Crippen molar-refractivity contribution in [3.8, 4) is 5.75 Å². The van der Waals surface area contributed by atoms with Gasteiger partial charge in [0.15, 0.2) is 13.2 Å². The van der Waals surface area contributed by atoms with E-state index in [4.69, 9.17) is 9.26 Å². The van der Waals surface area contributed by atoms with Gasteiger partial charge in [0.2, 0.25) is 11.7 Å². The van der Waals surface area contributed by atoms with E-state index in [0.29, 0.717) is 17.5 Å². The molecule has 26 heavy (non-hydrogen) atoms. The largest absolute Gasteiger partial charge is 0.485 e. The quantitative estimate of drug-likeness (QED) is 0.738. The van der Waals surface area contributed by atoms with Crippen molar-refractivity contribution in [3.63, 3.8) is 0 Å². The maximum atomic E-state index is 11.9. The number of hydrogen-bond acceptors (Lipinski definition) is 7. The Bertz CT molecular complexity index is 759. The summed E-state index contributed by atoms with van der Waals surface area (Å²) in [7, 11) is 0. The monoisotopic (exact) mass is 373 g/mol. The molecule has 8 nitrogen and oxygen atoms in total. The molecule has 1 aromatic heterocycles. The van der Waals surface area contributed by atoms with Gasteiger partial charge in [0.05, 0.1) is 5.56 Å². The Morgan fingerprint density at radius 1 is 1.23 bits per heavy atom. The zero-order valence-electron chi connectivity index (χ0n) is 13.5. The Morgan fingerprint density at radius 3 is 2.50 bits per heavy atom. The van der Waals surface area contributed by atoms with Crippen molar-refractivity contribution in [2.24, 2.45) is 0 Å². The first kappa shape index (κ1) is 19.2. The second-order valence-corrected chi connectivity index (χ2v) is 5.01. The fraction of sp³-hybridized carbons (Fsp3) is 0.333. The number of halogens is 3. The molecule has 1 heterocycles. The molecule has 0 radical (unpaired) electrons. The summed E-state index contributed by atoms with van der Waals surface area (Å²) in [5.74, 6) is -0.720. The van der Waals surface area contributed by atoms with Crippen molar-refractivity contribution in [3.05, 3.63) is 41.5 Å². The number of hydrogen-bond donors (Lipinski definition) is 1. The Morgan fingerprint density at radius 2 is 1.92 bits per heavy atom. The molecular weight excluding hydrogens is 359 g/mol. The van der Waals surface area contributed by atoms with Crippen LogP contribution < -0.4 is 10.1 Å². The Hall–Kier alpha value is -3.11. The minimum Gasteiger partial charge on any atom is -0.485 e. The van der Waals surface area contributed by atoms with Gasteiger partial charge in [0.1, 0.15) is 12.3 Å². The maximum absolute atomic E-state index is 11.9. The van der Waals surface area contributed by atoms with Crippen LogP contribution in [-0.2, 0) is 16.1 Å². The van der Waals surface area contributed by atoms with Gasteiger partial charge in [-0.05, 0) is 24.3 Å². The molecule has 0 aliphatic rings.